The largest absolute Gasteiger partial charge is 0.166 e. The molecule has 0 aromatic heterocycles. The van der Waals surface area contributed by atoms with Crippen LogP contribution in [0.2, 0.25) is 0 Å². The molecule has 0 spiro atoms. The van der Waals surface area contributed by atoms with Gasteiger partial charge in [-0.3, -0.25) is 0 Å². The van der Waals surface area contributed by atoms with Gasteiger partial charge in [0, 0.05) is 0 Å². The van der Waals surface area contributed by atoms with Crippen LogP contribution in [0.3, 0.4) is 0 Å². The topological polar surface area (TPSA) is 0 Å². The van der Waals surface area contributed by atoms with Gasteiger partial charge in [0.1, 0.15) is 0 Å². The van der Waals surface area contributed by atoms with Crippen molar-refractivity contribution in [3.05, 3.63) is 91.0 Å². The fourth-order valence-electron chi connectivity index (χ4n) is 2.03. The summed E-state index contributed by atoms with van der Waals surface area (Å²) in [5.74, 6) is 0. The second-order valence-corrected chi connectivity index (χ2v) is 6.19. The Bertz CT molecular complexity index is 524. The van der Waals surface area contributed by atoms with Gasteiger partial charge in [-0.1, -0.05) is 36.4 Å². The van der Waals surface area contributed by atoms with E-state index in [0.717, 1.165) is 0 Å². The van der Waals surface area contributed by atoms with Gasteiger partial charge in [-0.25, -0.2) is 0 Å². The lowest BCUT2D eigenvalue weighted by Gasteiger charge is -2.07. The lowest BCUT2D eigenvalue weighted by molar-refractivity contribution is 1.32. The van der Waals surface area contributed by atoms with Gasteiger partial charge in [0.25, 0.3) is 0 Å². The Morgan fingerprint density at radius 1 is 0.526 bits per heavy atom. The molecule has 0 fully saturated rings. The minimum atomic E-state index is -0.0346. The van der Waals surface area contributed by atoms with Crippen molar-refractivity contribution in [2.45, 2.75) is 14.7 Å². The maximum absolute atomic E-state index is 3.10. The fourth-order valence-corrected chi connectivity index (χ4v) is 4.11. The first kappa shape index (κ1) is 12.1. The van der Waals surface area contributed by atoms with Crippen LogP contribution in [0.4, 0.5) is 0 Å². The van der Waals surface area contributed by atoms with Crippen LogP contribution in [-0.2, 0) is 10.9 Å². The summed E-state index contributed by atoms with van der Waals surface area (Å²) >= 11 is 0. The molecule has 0 bridgehead atoms. The molecule has 1 heteroatoms. The molecule has 0 aliphatic rings. The maximum Gasteiger partial charge on any atom is 0.166 e. The van der Waals surface area contributed by atoms with Gasteiger partial charge in [-0.15, -0.1) is 0 Å². The second-order valence-electron chi connectivity index (χ2n) is 4.17. The lowest BCUT2D eigenvalue weighted by Crippen LogP contribution is -2.04. The van der Waals surface area contributed by atoms with Gasteiger partial charge >= 0.3 is 0 Å². The molecule has 0 saturated heterocycles. The average Bonchev–Trinajstić information content (AvgIpc) is 2.51. The molecule has 0 aliphatic carbocycles. The number of hydrogen-bond donors (Lipinski definition) is 0. The SMILES string of the molecule is [c]1ccc([S+](c2ccccc2)c2ccccc2)cc1. The van der Waals surface area contributed by atoms with Gasteiger partial charge in [0.2, 0.25) is 0 Å². The summed E-state index contributed by atoms with van der Waals surface area (Å²) in [6.07, 6.45) is 0. The fraction of sp³-hybridized carbons (Fsp3) is 0. The molecule has 3 aromatic carbocycles. The van der Waals surface area contributed by atoms with Gasteiger partial charge in [-0.05, 0) is 54.6 Å². The number of hydrogen-bond acceptors (Lipinski definition) is 0. The van der Waals surface area contributed by atoms with Crippen molar-refractivity contribution in [1.29, 1.82) is 0 Å². The molecule has 0 nitrogen and oxygen atoms in total. The van der Waals surface area contributed by atoms with Crippen molar-refractivity contribution in [3.63, 3.8) is 0 Å². The van der Waals surface area contributed by atoms with Crippen LogP contribution in [0.1, 0.15) is 0 Å². The molecule has 3 rings (SSSR count). The van der Waals surface area contributed by atoms with Crippen LogP contribution < -0.4 is 0 Å². The Morgan fingerprint density at radius 2 is 0.947 bits per heavy atom. The molecule has 91 valence electrons. The first-order chi connectivity index (χ1) is 9.45. The monoisotopic (exact) mass is 262 g/mol. The summed E-state index contributed by atoms with van der Waals surface area (Å²) in [5.41, 5.74) is 0. The molecule has 0 unspecified atom stereocenters. The summed E-state index contributed by atoms with van der Waals surface area (Å²) in [7, 11) is -0.0346. The highest BCUT2D eigenvalue weighted by Gasteiger charge is 2.27. The molecular weight excluding hydrogens is 248 g/mol. The molecular formula is C18H14S+. The van der Waals surface area contributed by atoms with Crippen molar-refractivity contribution >= 4 is 10.9 Å². The Morgan fingerprint density at radius 3 is 1.42 bits per heavy atom. The van der Waals surface area contributed by atoms with E-state index in [4.69, 9.17) is 0 Å². The zero-order valence-electron chi connectivity index (χ0n) is 10.5. The van der Waals surface area contributed by atoms with E-state index < -0.39 is 0 Å². The highest BCUT2D eigenvalue weighted by molar-refractivity contribution is 7.97. The Kier molecular flexibility index (Phi) is 3.66. The van der Waals surface area contributed by atoms with Crippen LogP contribution >= 0.6 is 0 Å². The van der Waals surface area contributed by atoms with E-state index in [-0.39, 0.29) is 10.9 Å². The van der Waals surface area contributed by atoms with E-state index in [9.17, 15) is 0 Å². The smallest absolute Gasteiger partial charge is 0.0619 e. The van der Waals surface area contributed by atoms with E-state index in [2.05, 4.69) is 78.9 Å². The van der Waals surface area contributed by atoms with Gasteiger partial charge < -0.3 is 0 Å². The molecule has 19 heavy (non-hydrogen) atoms. The second kappa shape index (κ2) is 5.77. The molecule has 1 radical (unpaired) electrons. The minimum Gasteiger partial charge on any atom is -0.0619 e. The van der Waals surface area contributed by atoms with Gasteiger partial charge in [0.05, 0.1) is 10.9 Å². The highest BCUT2D eigenvalue weighted by Crippen LogP contribution is 2.30. The summed E-state index contributed by atoms with van der Waals surface area (Å²) < 4.78 is 0. The quantitative estimate of drug-likeness (QED) is 0.606. The van der Waals surface area contributed by atoms with Crippen molar-refractivity contribution < 1.29 is 0 Å². The zero-order chi connectivity index (χ0) is 12.9. The lowest BCUT2D eigenvalue weighted by atomic mass is 10.4. The Hall–Kier alpha value is -1.99. The first-order valence-electron chi connectivity index (χ1n) is 6.26. The van der Waals surface area contributed by atoms with Gasteiger partial charge in [-0.2, -0.15) is 0 Å². The third kappa shape index (κ3) is 2.72. The van der Waals surface area contributed by atoms with E-state index >= 15 is 0 Å². The molecule has 0 N–H and O–H groups in total. The predicted octanol–water partition coefficient (Wildman–Crippen LogP) is 4.58. The molecule has 0 saturated carbocycles. The van der Waals surface area contributed by atoms with E-state index in [1.54, 1.807) is 0 Å². The third-order valence-corrected chi connectivity index (χ3v) is 5.11. The highest BCUT2D eigenvalue weighted by atomic mass is 32.2. The van der Waals surface area contributed by atoms with E-state index in [1.807, 2.05) is 12.1 Å². The Balaban J connectivity index is 2.12. The predicted molar refractivity (Wildman–Crippen MR) is 80.3 cm³/mol. The van der Waals surface area contributed by atoms with Crippen LogP contribution in [0.15, 0.2) is 99.6 Å². The molecule has 0 heterocycles. The average molecular weight is 262 g/mol. The van der Waals surface area contributed by atoms with Crippen molar-refractivity contribution in [3.8, 4) is 0 Å². The molecule has 0 amide bonds. The van der Waals surface area contributed by atoms with Crippen LogP contribution in [-0.4, -0.2) is 0 Å². The van der Waals surface area contributed by atoms with Crippen molar-refractivity contribution in [1.82, 2.24) is 0 Å². The summed E-state index contributed by atoms with van der Waals surface area (Å²) in [5, 5.41) is 0. The minimum absolute atomic E-state index is 0.0346. The maximum atomic E-state index is 3.10. The van der Waals surface area contributed by atoms with Crippen LogP contribution in [0, 0.1) is 6.07 Å². The summed E-state index contributed by atoms with van der Waals surface area (Å²) in [6.45, 7) is 0. The van der Waals surface area contributed by atoms with E-state index in [0.29, 0.717) is 0 Å². The molecule has 3 aromatic rings. The number of benzene rings is 3. The normalized spacial score (nSPS) is 10.6. The zero-order valence-corrected chi connectivity index (χ0v) is 11.3. The van der Waals surface area contributed by atoms with Crippen molar-refractivity contribution in [2.75, 3.05) is 0 Å². The van der Waals surface area contributed by atoms with Crippen LogP contribution in [0.25, 0.3) is 0 Å². The molecule has 0 aliphatic heterocycles. The Labute approximate surface area is 117 Å². The summed E-state index contributed by atoms with van der Waals surface area (Å²) in [6, 6.07) is 32.7. The standard InChI is InChI=1S/C18H14S/c1-4-10-16(11-5-1)19(17-12-6-2-7-13-17)18-14-8-3-9-15-18/h1-2,4-15H/q+1. The number of rotatable bonds is 3. The third-order valence-electron chi connectivity index (χ3n) is 2.88. The van der Waals surface area contributed by atoms with Crippen LogP contribution in [0.5, 0.6) is 0 Å². The first-order valence-corrected chi connectivity index (χ1v) is 7.48. The summed E-state index contributed by atoms with van der Waals surface area (Å²) in [4.78, 5) is 4.02. The molecule has 0 atom stereocenters. The van der Waals surface area contributed by atoms with E-state index in [1.165, 1.54) is 14.7 Å². The van der Waals surface area contributed by atoms with Crippen molar-refractivity contribution in [2.24, 2.45) is 0 Å². The van der Waals surface area contributed by atoms with Gasteiger partial charge in [0.15, 0.2) is 14.7 Å².